The summed E-state index contributed by atoms with van der Waals surface area (Å²) in [6.45, 7) is 1.47. The number of rotatable bonds is 3. The summed E-state index contributed by atoms with van der Waals surface area (Å²) in [5.74, 6) is 0.0792. The molecular formula is C14H14FN3O. The number of amides is 1. The molecule has 0 spiro atoms. The lowest BCUT2D eigenvalue weighted by atomic mass is 10.0. The van der Waals surface area contributed by atoms with Crippen molar-refractivity contribution in [1.29, 1.82) is 0 Å². The smallest absolute Gasteiger partial charge is 0.220 e. The largest absolute Gasteiger partial charge is 0.332 e. The Morgan fingerprint density at radius 1 is 1.21 bits per heavy atom. The van der Waals surface area contributed by atoms with Crippen LogP contribution in [0, 0.1) is 5.82 Å². The Balaban J connectivity index is 2.45. The number of halogens is 1. The molecule has 0 N–H and O–H groups in total. The molecule has 1 unspecified atom stereocenters. The molecule has 2 rings (SSSR count). The molecule has 5 heteroatoms. The van der Waals surface area contributed by atoms with Crippen LogP contribution in [0.4, 0.5) is 4.39 Å². The molecule has 0 aliphatic heterocycles. The van der Waals surface area contributed by atoms with Gasteiger partial charge in [0.2, 0.25) is 5.91 Å². The van der Waals surface area contributed by atoms with Crippen LogP contribution in [0.1, 0.15) is 24.4 Å². The minimum atomic E-state index is -0.417. The van der Waals surface area contributed by atoms with Crippen molar-refractivity contribution in [3.8, 4) is 0 Å². The van der Waals surface area contributed by atoms with Crippen molar-refractivity contribution in [3.05, 3.63) is 59.9 Å². The van der Waals surface area contributed by atoms with Crippen molar-refractivity contribution in [2.75, 3.05) is 7.05 Å². The Morgan fingerprint density at radius 3 is 2.32 bits per heavy atom. The zero-order valence-electron chi connectivity index (χ0n) is 10.7. The number of aromatic nitrogens is 2. The number of hydrogen-bond donors (Lipinski definition) is 0. The topological polar surface area (TPSA) is 46.1 Å². The maximum Gasteiger partial charge on any atom is 0.220 e. The van der Waals surface area contributed by atoms with Gasteiger partial charge in [0, 0.05) is 26.4 Å². The van der Waals surface area contributed by atoms with Gasteiger partial charge in [0.25, 0.3) is 0 Å². The van der Waals surface area contributed by atoms with Crippen LogP contribution in [0.15, 0.2) is 42.7 Å². The predicted octanol–water partition coefficient (Wildman–Crippen LogP) is 2.18. The number of nitrogens with zero attached hydrogens (tertiary/aromatic N) is 3. The quantitative estimate of drug-likeness (QED) is 0.848. The zero-order valence-corrected chi connectivity index (χ0v) is 10.7. The number of carbonyl (C=O) groups is 1. The van der Waals surface area contributed by atoms with Gasteiger partial charge >= 0.3 is 0 Å². The first kappa shape index (κ1) is 13.1. The number of carbonyl (C=O) groups excluding carboxylic acids is 1. The molecule has 98 valence electrons. The Hall–Kier alpha value is -2.30. The second-order valence-electron chi connectivity index (χ2n) is 4.19. The highest BCUT2D eigenvalue weighted by Crippen LogP contribution is 2.24. The van der Waals surface area contributed by atoms with Crippen molar-refractivity contribution < 1.29 is 9.18 Å². The Bertz CT molecular complexity index is 557. The molecule has 1 aromatic heterocycles. The normalized spacial score (nSPS) is 11.9. The first-order valence-corrected chi connectivity index (χ1v) is 5.85. The van der Waals surface area contributed by atoms with Gasteiger partial charge in [-0.15, -0.1) is 0 Å². The second-order valence-corrected chi connectivity index (χ2v) is 4.19. The van der Waals surface area contributed by atoms with Gasteiger partial charge in [0.15, 0.2) is 5.82 Å². The Kier molecular flexibility index (Phi) is 3.85. The van der Waals surface area contributed by atoms with E-state index in [2.05, 4.69) is 9.97 Å². The molecular weight excluding hydrogens is 245 g/mol. The molecule has 0 bridgehead atoms. The summed E-state index contributed by atoms with van der Waals surface area (Å²) in [5.41, 5.74) is 0.769. The van der Waals surface area contributed by atoms with E-state index in [4.69, 9.17) is 0 Å². The van der Waals surface area contributed by atoms with Crippen LogP contribution in [0.3, 0.4) is 0 Å². The molecule has 0 radical (unpaired) electrons. The van der Waals surface area contributed by atoms with Crippen LogP contribution >= 0.6 is 0 Å². The van der Waals surface area contributed by atoms with E-state index in [1.165, 1.54) is 24.0 Å². The fraction of sp³-hybridized carbons (Fsp3) is 0.214. The van der Waals surface area contributed by atoms with Gasteiger partial charge in [-0.2, -0.15) is 0 Å². The summed E-state index contributed by atoms with van der Waals surface area (Å²) in [5, 5.41) is 0. The summed E-state index contributed by atoms with van der Waals surface area (Å²) in [6, 6.07) is 7.28. The highest BCUT2D eigenvalue weighted by Gasteiger charge is 2.23. The first-order chi connectivity index (χ1) is 9.09. The molecule has 19 heavy (non-hydrogen) atoms. The molecule has 1 atom stereocenters. The average Bonchev–Trinajstić information content (AvgIpc) is 2.42. The molecule has 2 aromatic rings. The standard InChI is InChI=1S/C14H14FN3O/c1-10(19)18(2)13(14-16-8-3-9-17-14)11-4-6-12(15)7-5-11/h3-9,13H,1-2H3. The van der Waals surface area contributed by atoms with Gasteiger partial charge < -0.3 is 4.90 Å². The SMILES string of the molecule is CC(=O)N(C)C(c1ccc(F)cc1)c1ncccn1. The van der Waals surface area contributed by atoms with Crippen molar-refractivity contribution in [2.45, 2.75) is 13.0 Å². The third kappa shape index (κ3) is 2.93. The monoisotopic (exact) mass is 259 g/mol. The fourth-order valence-corrected chi connectivity index (χ4v) is 1.82. The highest BCUT2D eigenvalue weighted by atomic mass is 19.1. The lowest BCUT2D eigenvalue weighted by Gasteiger charge is -2.26. The van der Waals surface area contributed by atoms with Gasteiger partial charge in [0.1, 0.15) is 11.9 Å². The van der Waals surface area contributed by atoms with E-state index in [1.54, 1.807) is 37.6 Å². The predicted molar refractivity (Wildman–Crippen MR) is 68.7 cm³/mol. The highest BCUT2D eigenvalue weighted by molar-refractivity contribution is 5.73. The molecule has 0 saturated heterocycles. The summed E-state index contributed by atoms with van der Waals surface area (Å²) in [4.78, 5) is 21.5. The molecule has 1 heterocycles. The summed E-state index contributed by atoms with van der Waals surface area (Å²) >= 11 is 0. The van der Waals surface area contributed by atoms with Crippen LogP contribution in [0.2, 0.25) is 0 Å². The third-order valence-electron chi connectivity index (χ3n) is 2.90. The van der Waals surface area contributed by atoms with Gasteiger partial charge in [-0.1, -0.05) is 12.1 Å². The lowest BCUT2D eigenvalue weighted by Crippen LogP contribution is -2.31. The van der Waals surface area contributed by atoms with Gasteiger partial charge in [-0.3, -0.25) is 4.79 Å². The summed E-state index contributed by atoms with van der Waals surface area (Å²) in [6.07, 6.45) is 3.24. The van der Waals surface area contributed by atoms with E-state index in [0.717, 1.165) is 5.56 Å². The van der Waals surface area contributed by atoms with E-state index in [-0.39, 0.29) is 11.7 Å². The maximum absolute atomic E-state index is 13.0. The molecule has 1 amide bonds. The minimum absolute atomic E-state index is 0.109. The molecule has 0 aliphatic rings. The van der Waals surface area contributed by atoms with Crippen LogP contribution in [0.25, 0.3) is 0 Å². The average molecular weight is 259 g/mol. The molecule has 0 saturated carbocycles. The van der Waals surface area contributed by atoms with Gasteiger partial charge in [-0.05, 0) is 23.8 Å². The first-order valence-electron chi connectivity index (χ1n) is 5.85. The van der Waals surface area contributed by atoms with E-state index in [9.17, 15) is 9.18 Å². The van der Waals surface area contributed by atoms with Crippen molar-refractivity contribution in [1.82, 2.24) is 14.9 Å². The van der Waals surface area contributed by atoms with Gasteiger partial charge in [0.05, 0.1) is 0 Å². The van der Waals surface area contributed by atoms with Gasteiger partial charge in [-0.25, -0.2) is 14.4 Å². The number of hydrogen-bond acceptors (Lipinski definition) is 3. The van der Waals surface area contributed by atoms with E-state index < -0.39 is 6.04 Å². The maximum atomic E-state index is 13.0. The molecule has 4 nitrogen and oxygen atoms in total. The Morgan fingerprint density at radius 2 is 1.79 bits per heavy atom. The second kappa shape index (κ2) is 5.56. The van der Waals surface area contributed by atoms with E-state index in [0.29, 0.717) is 5.82 Å². The van der Waals surface area contributed by atoms with Crippen molar-refractivity contribution >= 4 is 5.91 Å². The summed E-state index contributed by atoms with van der Waals surface area (Å²) < 4.78 is 13.0. The molecule has 0 aliphatic carbocycles. The zero-order chi connectivity index (χ0) is 13.8. The van der Waals surface area contributed by atoms with Crippen LogP contribution in [-0.2, 0) is 4.79 Å². The minimum Gasteiger partial charge on any atom is -0.332 e. The van der Waals surface area contributed by atoms with E-state index >= 15 is 0 Å². The van der Waals surface area contributed by atoms with Crippen LogP contribution in [0.5, 0.6) is 0 Å². The van der Waals surface area contributed by atoms with Crippen LogP contribution in [-0.4, -0.2) is 27.8 Å². The number of benzene rings is 1. The lowest BCUT2D eigenvalue weighted by molar-refractivity contribution is -0.129. The van der Waals surface area contributed by atoms with Crippen LogP contribution < -0.4 is 0 Å². The summed E-state index contributed by atoms with van der Waals surface area (Å²) in [7, 11) is 1.67. The molecule has 0 fully saturated rings. The fourth-order valence-electron chi connectivity index (χ4n) is 1.82. The van der Waals surface area contributed by atoms with E-state index in [1.807, 2.05) is 0 Å². The third-order valence-corrected chi connectivity index (χ3v) is 2.90. The van der Waals surface area contributed by atoms with Crippen molar-refractivity contribution in [3.63, 3.8) is 0 Å². The Labute approximate surface area is 110 Å². The molecule has 1 aromatic carbocycles. The van der Waals surface area contributed by atoms with Crippen molar-refractivity contribution in [2.24, 2.45) is 0 Å².